The lowest BCUT2D eigenvalue weighted by Gasteiger charge is -2.10. The highest BCUT2D eigenvalue weighted by Crippen LogP contribution is 2.19. The highest BCUT2D eigenvalue weighted by Gasteiger charge is 2.10. The van der Waals surface area contributed by atoms with Gasteiger partial charge >= 0.3 is 0 Å². The van der Waals surface area contributed by atoms with Gasteiger partial charge in [-0.1, -0.05) is 18.2 Å². The van der Waals surface area contributed by atoms with Crippen LogP contribution in [0.2, 0.25) is 0 Å². The summed E-state index contributed by atoms with van der Waals surface area (Å²) in [5.74, 6) is -0.529. The number of benzene rings is 2. The summed E-state index contributed by atoms with van der Waals surface area (Å²) >= 11 is 4.29. The minimum Gasteiger partial charge on any atom is -0.322 e. The number of carbonyl (C=O) groups excluding carboxylic acids is 2. The maximum absolute atomic E-state index is 12.3. The van der Waals surface area contributed by atoms with Crippen molar-refractivity contribution in [2.24, 2.45) is 0 Å². The van der Waals surface area contributed by atoms with Crippen molar-refractivity contribution in [2.75, 3.05) is 10.6 Å². The van der Waals surface area contributed by atoms with Crippen LogP contribution in [-0.4, -0.2) is 16.8 Å². The topological polar surface area (TPSA) is 71.1 Å². The van der Waals surface area contributed by atoms with Crippen molar-refractivity contribution in [3.05, 3.63) is 84.2 Å². The van der Waals surface area contributed by atoms with Gasteiger partial charge < -0.3 is 10.6 Å². The number of thiol groups is 1. The number of nitrogens with one attached hydrogen (secondary N) is 2. The molecule has 0 aliphatic rings. The largest absolute Gasteiger partial charge is 0.322 e. The molecule has 124 valence electrons. The van der Waals surface area contributed by atoms with Crippen molar-refractivity contribution in [2.45, 2.75) is 4.90 Å². The van der Waals surface area contributed by atoms with E-state index in [4.69, 9.17) is 0 Å². The van der Waals surface area contributed by atoms with E-state index in [1.807, 2.05) is 6.07 Å². The van der Waals surface area contributed by atoms with E-state index in [0.29, 0.717) is 27.4 Å². The second-order valence-corrected chi connectivity index (χ2v) is 5.73. The molecule has 0 atom stereocenters. The maximum Gasteiger partial charge on any atom is 0.257 e. The van der Waals surface area contributed by atoms with Gasteiger partial charge in [0, 0.05) is 28.7 Å². The van der Waals surface area contributed by atoms with Crippen LogP contribution in [0.5, 0.6) is 0 Å². The molecule has 0 saturated carbocycles. The zero-order valence-electron chi connectivity index (χ0n) is 13.1. The molecule has 0 radical (unpaired) electrons. The molecule has 0 fully saturated rings. The molecule has 25 heavy (non-hydrogen) atoms. The number of amides is 2. The van der Waals surface area contributed by atoms with Crippen LogP contribution in [-0.2, 0) is 0 Å². The Labute approximate surface area is 150 Å². The van der Waals surface area contributed by atoms with Crippen LogP contribution in [0.15, 0.2) is 78.0 Å². The van der Waals surface area contributed by atoms with Gasteiger partial charge in [-0.3, -0.25) is 14.6 Å². The normalized spacial score (nSPS) is 10.1. The molecule has 3 rings (SSSR count). The SMILES string of the molecule is O=C(Nc1cccc(NC(=O)c2ccccc2S)c1)c1cccnc1. The van der Waals surface area contributed by atoms with Gasteiger partial charge in [0.1, 0.15) is 0 Å². The molecule has 3 aromatic rings. The van der Waals surface area contributed by atoms with Crippen LogP contribution in [0.25, 0.3) is 0 Å². The van der Waals surface area contributed by atoms with Gasteiger partial charge in [0.05, 0.1) is 11.1 Å². The molecule has 2 aromatic carbocycles. The average molecular weight is 349 g/mol. The summed E-state index contributed by atoms with van der Waals surface area (Å²) < 4.78 is 0. The van der Waals surface area contributed by atoms with Crippen LogP contribution in [0.4, 0.5) is 11.4 Å². The lowest BCUT2D eigenvalue weighted by Crippen LogP contribution is -2.14. The molecule has 0 bridgehead atoms. The summed E-state index contributed by atoms with van der Waals surface area (Å²) in [6.07, 6.45) is 3.09. The summed E-state index contributed by atoms with van der Waals surface area (Å²) in [4.78, 5) is 29.0. The van der Waals surface area contributed by atoms with Gasteiger partial charge in [-0.15, -0.1) is 12.6 Å². The molecule has 0 spiro atoms. The van der Waals surface area contributed by atoms with Gasteiger partial charge in [-0.25, -0.2) is 0 Å². The molecule has 5 nitrogen and oxygen atoms in total. The zero-order chi connectivity index (χ0) is 17.6. The van der Waals surface area contributed by atoms with E-state index < -0.39 is 0 Å². The number of rotatable bonds is 4. The van der Waals surface area contributed by atoms with Gasteiger partial charge in [-0.2, -0.15) is 0 Å². The lowest BCUT2D eigenvalue weighted by atomic mass is 10.2. The number of hydrogen-bond donors (Lipinski definition) is 3. The van der Waals surface area contributed by atoms with Crippen LogP contribution in [0.3, 0.4) is 0 Å². The third-order valence-electron chi connectivity index (χ3n) is 3.45. The minimum absolute atomic E-state index is 0.263. The van der Waals surface area contributed by atoms with Crippen molar-refractivity contribution in [3.8, 4) is 0 Å². The lowest BCUT2D eigenvalue weighted by molar-refractivity contribution is 0.101. The molecule has 0 unspecified atom stereocenters. The monoisotopic (exact) mass is 349 g/mol. The summed E-state index contributed by atoms with van der Waals surface area (Å²) in [5.41, 5.74) is 2.09. The Kier molecular flexibility index (Phi) is 5.11. The molecule has 2 N–H and O–H groups in total. The quantitative estimate of drug-likeness (QED) is 0.626. The third-order valence-corrected chi connectivity index (χ3v) is 3.84. The van der Waals surface area contributed by atoms with E-state index in [1.54, 1.807) is 60.8 Å². The number of pyridine rings is 1. The third kappa shape index (κ3) is 4.24. The number of hydrogen-bond acceptors (Lipinski definition) is 4. The Hall–Kier alpha value is -3.12. The summed E-state index contributed by atoms with van der Waals surface area (Å²) in [5, 5.41) is 5.58. The van der Waals surface area contributed by atoms with Gasteiger partial charge in [-0.05, 0) is 42.5 Å². The van der Waals surface area contributed by atoms with Crippen molar-refractivity contribution in [3.63, 3.8) is 0 Å². The fraction of sp³-hybridized carbons (Fsp3) is 0. The van der Waals surface area contributed by atoms with Crippen LogP contribution >= 0.6 is 12.6 Å². The fourth-order valence-corrected chi connectivity index (χ4v) is 2.50. The molecule has 1 aromatic heterocycles. The standard InChI is InChI=1S/C19H15N3O2S/c23-18(13-5-4-10-20-12-13)21-14-6-3-7-15(11-14)22-19(24)16-8-1-2-9-17(16)25/h1-12,25H,(H,21,23)(H,22,24). The Morgan fingerprint density at radius 1 is 0.840 bits per heavy atom. The van der Waals surface area contributed by atoms with E-state index in [9.17, 15) is 9.59 Å². The highest BCUT2D eigenvalue weighted by molar-refractivity contribution is 7.80. The van der Waals surface area contributed by atoms with Crippen molar-refractivity contribution >= 4 is 35.8 Å². The zero-order valence-corrected chi connectivity index (χ0v) is 14.0. The molecule has 0 saturated heterocycles. The van der Waals surface area contributed by atoms with Crippen molar-refractivity contribution in [1.29, 1.82) is 0 Å². The second-order valence-electron chi connectivity index (χ2n) is 5.25. The van der Waals surface area contributed by atoms with E-state index in [2.05, 4.69) is 28.2 Å². The summed E-state index contributed by atoms with van der Waals surface area (Å²) in [6, 6.07) is 17.3. The van der Waals surface area contributed by atoms with Gasteiger partial charge in [0.2, 0.25) is 0 Å². The first-order valence-corrected chi connectivity index (χ1v) is 7.99. The number of nitrogens with zero attached hydrogens (tertiary/aromatic N) is 1. The molecule has 2 amide bonds. The summed E-state index contributed by atoms with van der Waals surface area (Å²) in [6.45, 7) is 0. The first kappa shape index (κ1) is 16.7. The molecular weight excluding hydrogens is 334 g/mol. The van der Waals surface area contributed by atoms with Crippen LogP contribution in [0.1, 0.15) is 20.7 Å². The van der Waals surface area contributed by atoms with E-state index in [1.165, 1.54) is 6.20 Å². The number of carbonyl (C=O) groups is 2. The van der Waals surface area contributed by atoms with Crippen LogP contribution < -0.4 is 10.6 Å². The minimum atomic E-state index is -0.266. The van der Waals surface area contributed by atoms with Crippen molar-refractivity contribution < 1.29 is 9.59 Å². The van der Waals surface area contributed by atoms with Gasteiger partial charge in [0.15, 0.2) is 0 Å². The fourth-order valence-electron chi connectivity index (χ4n) is 2.24. The number of anilines is 2. The first-order chi connectivity index (χ1) is 12.1. The molecular formula is C19H15N3O2S. The van der Waals surface area contributed by atoms with Gasteiger partial charge in [0.25, 0.3) is 11.8 Å². The van der Waals surface area contributed by atoms with E-state index in [0.717, 1.165) is 0 Å². The Morgan fingerprint density at radius 2 is 1.56 bits per heavy atom. The van der Waals surface area contributed by atoms with Crippen LogP contribution in [0, 0.1) is 0 Å². The molecule has 0 aliphatic carbocycles. The summed E-state index contributed by atoms with van der Waals surface area (Å²) in [7, 11) is 0. The second kappa shape index (κ2) is 7.63. The van der Waals surface area contributed by atoms with E-state index >= 15 is 0 Å². The van der Waals surface area contributed by atoms with Crippen molar-refractivity contribution in [1.82, 2.24) is 4.98 Å². The Bertz CT molecular complexity index is 913. The Morgan fingerprint density at radius 3 is 2.24 bits per heavy atom. The molecule has 6 heteroatoms. The smallest absolute Gasteiger partial charge is 0.257 e. The molecule has 0 aliphatic heterocycles. The Balaban J connectivity index is 1.72. The maximum atomic E-state index is 12.3. The predicted molar refractivity (Wildman–Crippen MR) is 100 cm³/mol. The average Bonchev–Trinajstić information content (AvgIpc) is 2.63. The number of aromatic nitrogens is 1. The first-order valence-electron chi connectivity index (χ1n) is 7.54. The molecule has 1 heterocycles. The highest BCUT2D eigenvalue weighted by atomic mass is 32.1. The van der Waals surface area contributed by atoms with E-state index in [-0.39, 0.29) is 11.8 Å². The predicted octanol–water partition coefficient (Wildman–Crippen LogP) is 3.87.